The minimum atomic E-state index is -0.542. The Morgan fingerprint density at radius 3 is 2.66 bits per heavy atom. The van der Waals surface area contributed by atoms with Gasteiger partial charge in [-0.15, -0.1) is 0 Å². The van der Waals surface area contributed by atoms with E-state index in [9.17, 15) is 29.8 Å². The molecular weight excluding hydrogens is 458 g/mol. The van der Waals surface area contributed by atoms with Crippen molar-refractivity contribution in [3.63, 3.8) is 0 Å². The van der Waals surface area contributed by atoms with Crippen LogP contribution in [-0.2, 0) is 13.1 Å². The molecule has 13 nitrogen and oxygen atoms in total. The lowest BCUT2D eigenvalue weighted by atomic mass is 10.1. The molecule has 35 heavy (non-hydrogen) atoms. The third kappa shape index (κ3) is 4.88. The standard InChI is InChI=1S/C22H19N7O6/c1-14-5-6-16(10-19(14)29(34)35)21(30)23-7-8-27-20-18(11-25-27)22(31)26(13-24-20)12-15-3-2-4-17(9-15)28(32)33/h2-6,9-11,13H,7-8,12H2,1H3,(H,23,30). The molecule has 4 rings (SSSR count). The van der Waals surface area contributed by atoms with E-state index in [1.807, 2.05) is 0 Å². The summed E-state index contributed by atoms with van der Waals surface area (Å²) in [6.45, 7) is 2.06. The summed E-state index contributed by atoms with van der Waals surface area (Å²) in [6, 6.07) is 10.2. The van der Waals surface area contributed by atoms with Crippen molar-refractivity contribution in [1.82, 2.24) is 24.6 Å². The summed E-state index contributed by atoms with van der Waals surface area (Å²) in [7, 11) is 0. The van der Waals surface area contributed by atoms with Crippen LogP contribution in [0, 0.1) is 27.2 Å². The van der Waals surface area contributed by atoms with E-state index in [4.69, 9.17) is 0 Å². The fourth-order valence-electron chi connectivity index (χ4n) is 3.56. The molecule has 0 radical (unpaired) electrons. The van der Waals surface area contributed by atoms with Crippen LogP contribution >= 0.6 is 0 Å². The van der Waals surface area contributed by atoms with Gasteiger partial charge in [0.25, 0.3) is 22.8 Å². The van der Waals surface area contributed by atoms with E-state index in [1.165, 1.54) is 52.1 Å². The van der Waals surface area contributed by atoms with E-state index in [1.54, 1.807) is 19.1 Å². The number of nitrogens with zero attached hydrogens (tertiary/aromatic N) is 6. The largest absolute Gasteiger partial charge is 0.350 e. The van der Waals surface area contributed by atoms with E-state index >= 15 is 0 Å². The molecule has 0 bridgehead atoms. The molecular formula is C22H19N7O6. The van der Waals surface area contributed by atoms with Crippen molar-refractivity contribution < 1.29 is 14.6 Å². The first kappa shape index (κ1) is 23.2. The Morgan fingerprint density at radius 1 is 1.11 bits per heavy atom. The molecule has 0 aliphatic carbocycles. The Balaban J connectivity index is 1.45. The number of nitrogens with one attached hydrogen (secondary N) is 1. The molecule has 0 aliphatic rings. The molecule has 0 atom stereocenters. The lowest BCUT2D eigenvalue weighted by molar-refractivity contribution is -0.385. The Morgan fingerprint density at radius 2 is 1.91 bits per heavy atom. The molecule has 1 N–H and O–H groups in total. The van der Waals surface area contributed by atoms with Crippen molar-refractivity contribution in [2.75, 3.05) is 6.54 Å². The number of carbonyl (C=O) groups excluding carboxylic acids is 1. The molecule has 2 aromatic heterocycles. The topological polar surface area (TPSA) is 168 Å². The highest BCUT2D eigenvalue weighted by Crippen LogP contribution is 2.19. The number of aryl methyl sites for hydroxylation is 1. The van der Waals surface area contributed by atoms with Gasteiger partial charge in [0.05, 0.1) is 29.1 Å². The lowest BCUT2D eigenvalue weighted by Crippen LogP contribution is -2.28. The molecule has 0 saturated heterocycles. The molecule has 0 fully saturated rings. The average Bonchev–Trinajstić information content (AvgIpc) is 3.24. The van der Waals surface area contributed by atoms with Crippen molar-refractivity contribution in [2.24, 2.45) is 0 Å². The van der Waals surface area contributed by atoms with E-state index in [0.29, 0.717) is 16.8 Å². The van der Waals surface area contributed by atoms with E-state index in [0.717, 1.165) is 0 Å². The SMILES string of the molecule is Cc1ccc(C(=O)NCCn2ncc3c(=O)n(Cc4cccc([N+](=O)[O-])c4)cnc32)cc1[N+](=O)[O-]. The number of hydrogen-bond acceptors (Lipinski definition) is 8. The molecule has 2 aromatic carbocycles. The van der Waals surface area contributed by atoms with Crippen LogP contribution in [0.4, 0.5) is 11.4 Å². The van der Waals surface area contributed by atoms with Crippen LogP contribution < -0.4 is 10.9 Å². The highest BCUT2D eigenvalue weighted by molar-refractivity contribution is 5.95. The smallest absolute Gasteiger partial charge is 0.273 e. The average molecular weight is 477 g/mol. The number of carbonyl (C=O) groups is 1. The number of hydrogen-bond donors (Lipinski definition) is 1. The van der Waals surface area contributed by atoms with Crippen LogP contribution in [-0.4, -0.2) is 41.6 Å². The molecule has 0 spiro atoms. The number of non-ortho nitro benzene ring substituents is 1. The van der Waals surface area contributed by atoms with E-state index in [2.05, 4.69) is 15.4 Å². The van der Waals surface area contributed by atoms with Gasteiger partial charge in [-0.2, -0.15) is 5.10 Å². The zero-order valence-corrected chi connectivity index (χ0v) is 18.5. The quantitative estimate of drug-likeness (QED) is 0.297. The minimum absolute atomic E-state index is 0.0697. The molecule has 0 aliphatic heterocycles. The van der Waals surface area contributed by atoms with Crippen molar-refractivity contribution in [3.05, 3.63) is 102 Å². The van der Waals surface area contributed by atoms with Gasteiger partial charge in [-0.25, -0.2) is 9.67 Å². The van der Waals surface area contributed by atoms with Crippen LogP contribution in [0.2, 0.25) is 0 Å². The van der Waals surface area contributed by atoms with Crippen LogP contribution in [0.15, 0.2) is 59.8 Å². The maximum Gasteiger partial charge on any atom is 0.273 e. The second kappa shape index (κ2) is 9.51. The van der Waals surface area contributed by atoms with Crippen LogP contribution in [0.1, 0.15) is 21.5 Å². The van der Waals surface area contributed by atoms with Gasteiger partial charge in [0, 0.05) is 35.9 Å². The van der Waals surface area contributed by atoms with Crippen molar-refractivity contribution in [1.29, 1.82) is 0 Å². The predicted octanol–water partition coefficient (Wildman–Crippen LogP) is 2.20. The Bertz CT molecular complexity index is 1520. The van der Waals surface area contributed by atoms with Crippen LogP contribution in [0.25, 0.3) is 11.0 Å². The van der Waals surface area contributed by atoms with E-state index < -0.39 is 15.8 Å². The van der Waals surface area contributed by atoms with Crippen molar-refractivity contribution in [2.45, 2.75) is 20.0 Å². The first-order valence-corrected chi connectivity index (χ1v) is 10.4. The summed E-state index contributed by atoms with van der Waals surface area (Å²) in [6.07, 6.45) is 2.71. The molecule has 0 unspecified atom stereocenters. The number of fused-ring (bicyclic) bond motifs is 1. The maximum absolute atomic E-state index is 12.9. The third-order valence-electron chi connectivity index (χ3n) is 5.37. The second-order valence-corrected chi connectivity index (χ2v) is 7.72. The molecule has 0 saturated carbocycles. The molecule has 4 aromatic rings. The zero-order valence-electron chi connectivity index (χ0n) is 18.5. The number of rotatable bonds is 8. The molecule has 178 valence electrons. The fraction of sp³-hybridized carbons (Fsp3) is 0.182. The predicted molar refractivity (Wildman–Crippen MR) is 124 cm³/mol. The Labute approximate surface area is 196 Å². The normalized spacial score (nSPS) is 10.9. The molecule has 13 heteroatoms. The van der Waals surface area contributed by atoms with Gasteiger partial charge in [-0.1, -0.05) is 18.2 Å². The van der Waals surface area contributed by atoms with Gasteiger partial charge in [0.2, 0.25) is 0 Å². The number of nitro groups is 2. The van der Waals surface area contributed by atoms with Gasteiger partial charge in [0.1, 0.15) is 11.7 Å². The summed E-state index contributed by atoms with van der Waals surface area (Å²) >= 11 is 0. The van der Waals surface area contributed by atoms with Crippen LogP contribution in [0.5, 0.6) is 0 Å². The van der Waals surface area contributed by atoms with Gasteiger partial charge in [-0.3, -0.25) is 34.4 Å². The summed E-state index contributed by atoms with van der Waals surface area (Å²) in [5, 5.41) is 29.2. The van der Waals surface area contributed by atoms with Crippen molar-refractivity contribution in [3.8, 4) is 0 Å². The van der Waals surface area contributed by atoms with Crippen LogP contribution in [0.3, 0.4) is 0 Å². The van der Waals surface area contributed by atoms with Crippen molar-refractivity contribution >= 4 is 28.3 Å². The highest BCUT2D eigenvalue weighted by atomic mass is 16.6. The van der Waals surface area contributed by atoms with Gasteiger partial charge in [0.15, 0.2) is 5.65 Å². The Hall–Kier alpha value is -4.94. The van der Waals surface area contributed by atoms with E-state index in [-0.39, 0.29) is 47.5 Å². The Kier molecular flexibility index (Phi) is 6.31. The van der Waals surface area contributed by atoms with Gasteiger partial charge in [-0.05, 0) is 18.6 Å². The second-order valence-electron chi connectivity index (χ2n) is 7.72. The lowest BCUT2D eigenvalue weighted by Gasteiger charge is -2.08. The third-order valence-corrected chi connectivity index (χ3v) is 5.37. The number of nitro benzene ring substituents is 2. The first-order valence-electron chi connectivity index (χ1n) is 10.4. The summed E-state index contributed by atoms with van der Waals surface area (Å²) in [5.41, 5.74) is 0.954. The number of benzene rings is 2. The zero-order chi connectivity index (χ0) is 25.1. The first-order chi connectivity index (χ1) is 16.7. The number of amides is 1. The minimum Gasteiger partial charge on any atom is -0.350 e. The summed E-state index contributed by atoms with van der Waals surface area (Å²) in [5.74, 6) is -0.475. The monoisotopic (exact) mass is 477 g/mol. The maximum atomic E-state index is 12.9. The molecule has 1 amide bonds. The fourth-order valence-corrected chi connectivity index (χ4v) is 3.56. The number of aromatic nitrogens is 4. The van der Waals surface area contributed by atoms with Gasteiger partial charge < -0.3 is 5.32 Å². The highest BCUT2D eigenvalue weighted by Gasteiger charge is 2.16. The van der Waals surface area contributed by atoms with Gasteiger partial charge >= 0.3 is 0 Å². The summed E-state index contributed by atoms with van der Waals surface area (Å²) < 4.78 is 2.80. The molecule has 2 heterocycles. The summed E-state index contributed by atoms with van der Waals surface area (Å²) in [4.78, 5) is 50.6.